The van der Waals surface area contributed by atoms with Crippen LogP contribution in [0.3, 0.4) is 0 Å². The first-order valence-corrected chi connectivity index (χ1v) is 17.7. The lowest BCUT2D eigenvalue weighted by atomic mass is 9.94. The molecule has 1 aromatic rings. The number of methoxy groups -OCH3 is 2. The Kier molecular flexibility index (Phi) is 20.6. The van der Waals surface area contributed by atoms with E-state index in [-0.39, 0.29) is 66.9 Å². The highest BCUT2D eigenvalue weighted by molar-refractivity contribution is 5.99. The molecule has 1 fully saturated rings. The van der Waals surface area contributed by atoms with Crippen molar-refractivity contribution in [2.75, 3.05) is 47.9 Å². The van der Waals surface area contributed by atoms with E-state index < -0.39 is 24.2 Å². The summed E-state index contributed by atoms with van der Waals surface area (Å²) in [6.07, 6.45) is 2.93. The van der Waals surface area contributed by atoms with Gasteiger partial charge in [0.2, 0.25) is 23.6 Å². The minimum Gasteiger partial charge on any atom is -0.379 e. The minimum absolute atomic E-state index is 0.0411. The van der Waals surface area contributed by atoms with Gasteiger partial charge in [-0.25, -0.2) is 0 Å². The highest BCUT2D eigenvalue weighted by Crippen LogP contribution is 2.28. The summed E-state index contributed by atoms with van der Waals surface area (Å²) in [6, 6.07) is 7.63. The van der Waals surface area contributed by atoms with Crippen molar-refractivity contribution in [2.45, 2.75) is 110 Å². The Balaban J connectivity index is 0.00000385. The third-order valence-electron chi connectivity index (χ3n) is 8.95. The molecule has 278 valence electrons. The topological polar surface area (TPSA) is 146 Å². The monoisotopic (exact) mass is 689 g/mol. The molecule has 3 N–H and O–H groups in total. The van der Waals surface area contributed by atoms with Gasteiger partial charge in [0.25, 0.3) is 0 Å². The zero-order valence-corrected chi connectivity index (χ0v) is 31.5. The number of nitrogens with one attached hydrogen (secondary N) is 3. The summed E-state index contributed by atoms with van der Waals surface area (Å²) in [4.78, 5) is 68.4. The van der Waals surface area contributed by atoms with Crippen molar-refractivity contribution in [1.29, 1.82) is 0 Å². The summed E-state index contributed by atoms with van der Waals surface area (Å²) in [5.41, 5.74) is 0.519. The van der Waals surface area contributed by atoms with Crippen LogP contribution < -0.4 is 16.0 Å². The highest BCUT2D eigenvalue weighted by atomic mass is 16.5. The summed E-state index contributed by atoms with van der Waals surface area (Å²) in [5.74, 6) is -1.74. The number of amides is 4. The van der Waals surface area contributed by atoms with Gasteiger partial charge in [-0.3, -0.25) is 24.0 Å². The molecule has 0 saturated carbocycles. The van der Waals surface area contributed by atoms with Crippen LogP contribution in [0.15, 0.2) is 30.3 Å². The summed E-state index contributed by atoms with van der Waals surface area (Å²) in [6.45, 7) is 12.1. The zero-order valence-electron chi connectivity index (χ0n) is 31.5. The molecule has 6 atom stereocenters. The SMILES string of the molecule is CCC.CCC[C@@H](C(CC(=O)N1CCCC1C(OC)C(C)C(=O)NCC(=O)c1ccccc1)OC)N(C)C(=O)CNC(=O)C(NC)C(C)C. The molecule has 12 nitrogen and oxygen atoms in total. The Morgan fingerprint density at radius 2 is 1.55 bits per heavy atom. The number of likely N-dealkylation sites (N-methyl/N-ethyl adjacent to an activating group) is 2. The van der Waals surface area contributed by atoms with Gasteiger partial charge in [0.15, 0.2) is 5.78 Å². The number of carbonyl (C=O) groups is 5. The molecule has 12 heteroatoms. The predicted octanol–water partition coefficient (Wildman–Crippen LogP) is 3.44. The summed E-state index contributed by atoms with van der Waals surface area (Å²) in [5, 5.41) is 8.43. The molecule has 2 rings (SSSR count). The Hall–Kier alpha value is -3.35. The number of likely N-dealkylation sites (tertiary alicyclic amines) is 1. The lowest BCUT2D eigenvalue weighted by Crippen LogP contribution is -2.53. The molecule has 4 amide bonds. The summed E-state index contributed by atoms with van der Waals surface area (Å²) in [7, 11) is 6.44. The quantitative estimate of drug-likeness (QED) is 0.187. The summed E-state index contributed by atoms with van der Waals surface area (Å²) < 4.78 is 11.6. The first kappa shape index (κ1) is 43.7. The van der Waals surface area contributed by atoms with Crippen molar-refractivity contribution < 1.29 is 33.4 Å². The van der Waals surface area contributed by atoms with E-state index in [1.165, 1.54) is 20.6 Å². The number of ketones is 1. The van der Waals surface area contributed by atoms with Crippen LogP contribution in [0.5, 0.6) is 0 Å². The Morgan fingerprint density at radius 1 is 0.939 bits per heavy atom. The largest absolute Gasteiger partial charge is 0.379 e. The van der Waals surface area contributed by atoms with Crippen LogP contribution >= 0.6 is 0 Å². The van der Waals surface area contributed by atoms with E-state index in [4.69, 9.17) is 9.47 Å². The second kappa shape index (κ2) is 23.1. The number of nitrogens with zero attached hydrogens (tertiary/aromatic N) is 2. The van der Waals surface area contributed by atoms with Crippen LogP contribution in [0, 0.1) is 11.8 Å². The molecule has 0 bridgehead atoms. The molecule has 0 aliphatic carbocycles. The molecule has 5 unspecified atom stereocenters. The molecule has 1 heterocycles. The Labute approximate surface area is 294 Å². The van der Waals surface area contributed by atoms with Crippen LogP contribution in [0.4, 0.5) is 0 Å². The van der Waals surface area contributed by atoms with Crippen LogP contribution in [0.2, 0.25) is 0 Å². The number of hydrogen-bond donors (Lipinski definition) is 3. The number of hydrogen-bond acceptors (Lipinski definition) is 8. The predicted molar refractivity (Wildman–Crippen MR) is 192 cm³/mol. The minimum atomic E-state index is -0.616. The number of ether oxygens (including phenoxy) is 2. The van der Waals surface area contributed by atoms with E-state index in [0.29, 0.717) is 24.9 Å². The maximum Gasteiger partial charge on any atom is 0.242 e. The average Bonchev–Trinajstić information content (AvgIpc) is 3.58. The van der Waals surface area contributed by atoms with Gasteiger partial charge in [0.1, 0.15) is 0 Å². The lowest BCUT2D eigenvalue weighted by Gasteiger charge is -2.37. The van der Waals surface area contributed by atoms with Crippen LogP contribution in [0.1, 0.15) is 90.4 Å². The van der Waals surface area contributed by atoms with Crippen molar-refractivity contribution in [3.63, 3.8) is 0 Å². The number of benzene rings is 1. The van der Waals surface area contributed by atoms with E-state index in [2.05, 4.69) is 29.8 Å². The fourth-order valence-electron chi connectivity index (χ4n) is 6.28. The van der Waals surface area contributed by atoms with Gasteiger partial charge in [0.05, 0.1) is 55.8 Å². The molecule has 0 aromatic heterocycles. The normalized spacial score (nSPS) is 17.2. The number of carbonyl (C=O) groups excluding carboxylic acids is 5. The third kappa shape index (κ3) is 13.5. The van der Waals surface area contributed by atoms with Crippen molar-refractivity contribution in [2.24, 2.45) is 11.8 Å². The fraction of sp³-hybridized carbons (Fsp3) is 0.703. The van der Waals surface area contributed by atoms with E-state index >= 15 is 0 Å². The molecular formula is C37H63N5O7. The van der Waals surface area contributed by atoms with Gasteiger partial charge >= 0.3 is 0 Å². The molecule has 49 heavy (non-hydrogen) atoms. The first-order valence-electron chi connectivity index (χ1n) is 17.7. The fourth-order valence-corrected chi connectivity index (χ4v) is 6.28. The molecule has 0 spiro atoms. The second-order valence-corrected chi connectivity index (χ2v) is 13.1. The maximum atomic E-state index is 13.8. The number of Topliss-reactive ketones (excluding diaryl/α,β-unsaturated/α-hetero) is 1. The Bertz CT molecular complexity index is 1170. The summed E-state index contributed by atoms with van der Waals surface area (Å²) >= 11 is 0. The zero-order chi connectivity index (χ0) is 37.1. The van der Waals surface area contributed by atoms with E-state index in [1.807, 2.05) is 26.8 Å². The molecule has 1 saturated heterocycles. The van der Waals surface area contributed by atoms with Crippen molar-refractivity contribution in [3.05, 3.63) is 35.9 Å². The van der Waals surface area contributed by atoms with Crippen molar-refractivity contribution in [1.82, 2.24) is 25.8 Å². The average molecular weight is 690 g/mol. The van der Waals surface area contributed by atoms with Crippen LogP contribution in [0.25, 0.3) is 0 Å². The third-order valence-corrected chi connectivity index (χ3v) is 8.95. The van der Waals surface area contributed by atoms with Gasteiger partial charge in [-0.1, -0.05) is 84.7 Å². The van der Waals surface area contributed by atoms with Gasteiger partial charge in [-0.05, 0) is 32.2 Å². The van der Waals surface area contributed by atoms with Crippen molar-refractivity contribution >= 4 is 29.4 Å². The Morgan fingerprint density at radius 3 is 2.08 bits per heavy atom. The van der Waals surface area contributed by atoms with Crippen LogP contribution in [-0.4, -0.2) is 117 Å². The first-order chi connectivity index (χ1) is 23.3. The standard InChI is InChI=1S/C34H55N5O7.C3H8/c1-9-14-25(38(6)30(42)21-37-34(44)31(35-5)22(2)3)28(45-7)19-29(41)39-18-13-17-26(39)32(46-8)23(4)33(43)36-20-27(40)24-15-11-10-12-16-24;1-3-2/h10-12,15-16,22-23,25-26,28,31-32,35H,9,13-14,17-21H2,1-8H3,(H,36,43)(H,37,44);3H2,1-2H3/t23?,25-,26?,28?,31?,32?;/m0./s1. The molecule has 1 aliphatic heterocycles. The molecule has 0 radical (unpaired) electrons. The second-order valence-electron chi connectivity index (χ2n) is 13.1. The van der Waals surface area contributed by atoms with Crippen molar-refractivity contribution in [3.8, 4) is 0 Å². The maximum absolute atomic E-state index is 13.8. The highest BCUT2D eigenvalue weighted by Gasteiger charge is 2.41. The van der Waals surface area contributed by atoms with Crippen LogP contribution in [-0.2, 0) is 28.7 Å². The van der Waals surface area contributed by atoms with E-state index in [1.54, 1.807) is 55.1 Å². The van der Waals surface area contributed by atoms with Gasteiger partial charge in [-0.15, -0.1) is 0 Å². The molecular weight excluding hydrogens is 626 g/mol. The van der Waals surface area contributed by atoms with Gasteiger partial charge < -0.3 is 35.2 Å². The van der Waals surface area contributed by atoms with E-state index in [0.717, 1.165) is 12.8 Å². The van der Waals surface area contributed by atoms with Gasteiger partial charge in [0, 0.05) is 33.4 Å². The van der Waals surface area contributed by atoms with E-state index in [9.17, 15) is 24.0 Å². The molecule has 1 aromatic carbocycles. The lowest BCUT2D eigenvalue weighted by molar-refractivity contribution is -0.144. The molecule has 1 aliphatic rings. The smallest absolute Gasteiger partial charge is 0.242 e. The van der Waals surface area contributed by atoms with Gasteiger partial charge in [-0.2, -0.15) is 0 Å². The number of rotatable bonds is 19.